The van der Waals surface area contributed by atoms with Crippen LogP contribution in [0.2, 0.25) is 0 Å². The van der Waals surface area contributed by atoms with Crippen molar-refractivity contribution in [2.24, 2.45) is 11.7 Å². The maximum atomic E-state index is 5.78. The first-order valence-corrected chi connectivity index (χ1v) is 6.65. The van der Waals surface area contributed by atoms with Crippen LogP contribution in [0.4, 0.5) is 5.82 Å². The van der Waals surface area contributed by atoms with Gasteiger partial charge < -0.3 is 15.4 Å². The maximum Gasteiger partial charge on any atom is 0.221 e. The van der Waals surface area contributed by atoms with E-state index in [1.165, 1.54) is 12.8 Å². The normalized spacial score (nSPS) is 19.9. The molecular formula is C13H22N4O. The molecule has 1 aliphatic heterocycles. The molecule has 1 aliphatic rings. The van der Waals surface area contributed by atoms with Crippen LogP contribution in [0.5, 0.6) is 5.88 Å². The van der Waals surface area contributed by atoms with Crippen molar-refractivity contribution in [1.29, 1.82) is 0 Å². The Kier molecular flexibility index (Phi) is 4.36. The van der Waals surface area contributed by atoms with Crippen LogP contribution in [0.3, 0.4) is 0 Å². The molecule has 2 rings (SSSR count). The van der Waals surface area contributed by atoms with Gasteiger partial charge in [-0.15, -0.1) is 0 Å². The van der Waals surface area contributed by atoms with Gasteiger partial charge in [0.2, 0.25) is 5.88 Å². The second-order valence-electron chi connectivity index (χ2n) is 4.75. The number of hydrogen-bond acceptors (Lipinski definition) is 5. The van der Waals surface area contributed by atoms with Gasteiger partial charge in [-0.2, -0.15) is 0 Å². The Morgan fingerprint density at radius 3 is 3.06 bits per heavy atom. The Morgan fingerprint density at radius 1 is 1.50 bits per heavy atom. The van der Waals surface area contributed by atoms with Crippen LogP contribution < -0.4 is 15.4 Å². The second-order valence-corrected chi connectivity index (χ2v) is 4.75. The summed E-state index contributed by atoms with van der Waals surface area (Å²) in [7, 11) is 0. The highest BCUT2D eigenvalue weighted by atomic mass is 16.5. The van der Waals surface area contributed by atoms with Crippen molar-refractivity contribution < 1.29 is 4.74 Å². The molecule has 0 saturated carbocycles. The highest BCUT2D eigenvalue weighted by Gasteiger charge is 2.22. The Morgan fingerprint density at radius 2 is 2.33 bits per heavy atom. The molecule has 0 radical (unpaired) electrons. The molecule has 2 N–H and O–H groups in total. The Balaban J connectivity index is 2.19. The van der Waals surface area contributed by atoms with Gasteiger partial charge in [-0.3, -0.25) is 0 Å². The zero-order valence-corrected chi connectivity index (χ0v) is 11.2. The third-order valence-corrected chi connectivity index (χ3v) is 3.44. The van der Waals surface area contributed by atoms with Crippen molar-refractivity contribution in [2.75, 3.05) is 31.1 Å². The van der Waals surface area contributed by atoms with Crippen molar-refractivity contribution >= 4 is 5.82 Å². The second kappa shape index (κ2) is 6.00. The van der Waals surface area contributed by atoms with Crippen LogP contribution in [0.1, 0.15) is 25.3 Å². The van der Waals surface area contributed by atoms with Gasteiger partial charge in [0.15, 0.2) is 0 Å². The summed E-state index contributed by atoms with van der Waals surface area (Å²) in [6, 6.07) is 0. The smallest absolute Gasteiger partial charge is 0.221 e. The number of rotatable bonds is 4. The standard InChI is InChI=1S/C13H22N4O/c1-3-18-13-10(2)12(15-9-16-13)17-6-4-5-11(7-14)8-17/h9,11H,3-8,14H2,1-2H3. The highest BCUT2D eigenvalue weighted by molar-refractivity contribution is 5.50. The quantitative estimate of drug-likeness (QED) is 0.874. The summed E-state index contributed by atoms with van der Waals surface area (Å²) in [6.45, 7) is 7.39. The van der Waals surface area contributed by atoms with E-state index < -0.39 is 0 Å². The number of anilines is 1. The fourth-order valence-electron chi connectivity index (χ4n) is 2.48. The minimum absolute atomic E-state index is 0.573. The van der Waals surface area contributed by atoms with E-state index in [1.807, 2.05) is 13.8 Å². The van der Waals surface area contributed by atoms with E-state index in [0.717, 1.165) is 31.0 Å². The fourth-order valence-corrected chi connectivity index (χ4v) is 2.48. The minimum atomic E-state index is 0.573. The molecule has 0 aromatic carbocycles. The van der Waals surface area contributed by atoms with Gasteiger partial charge in [0.25, 0.3) is 0 Å². The molecule has 5 heteroatoms. The molecule has 0 aliphatic carbocycles. The molecule has 5 nitrogen and oxygen atoms in total. The zero-order chi connectivity index (χ0) is 13.0. The molecule has 1 aromatic rings. The molecule has 0 bridgehead atoms. The zero-order valence-electron chi connectivity index (χ0n) is 11.2. The molecule has 100 valence electrons. The van der Waals surface area contributed by atoms with E-state index in [0.29, 0.717) is 18.4 Å². The number of nitrogens with zero attached hydrogens (tertiary/aromatic N) is 3. The first-order chi connectivity index (χ1) is 8.76. The summed E-state index contributed by atoms with van der Waals surface area (Å²) in [4.78, 5) is 10.9. The lowest BCUT2D eigenvalue weighted by Crippen LogP contribution is -2.39. The first kappa shape index (κ1) is 13.1. The SMILES string of the molecule is CCOc1ncnc(N2CCCC(CN)C2)c1C. The van der Waals surface area contributed by atoms with E-state index >= 15 is 0 Å². The van der Waals surface area contributed by atoms with Gasteiger partial charge in [-0.05, 0) is 39.2 Å². The third-order valence-electron chi connectivity index (χ3n) is 3.44. The van der Waals surface area contributed by atoms with Gasteiger partial charge >= 0.3 is 0 Å². The average molecular weight is 250 g/mol. The molecule has 18 heavy (non-hydrogen) atoms. The van der Waals surface area contributed by atoms with Crippen molar-refractivity contribution in [2.45, 2.75) is 26.7 Å². The largest absolute Gasteiger partial charge is 0.478 e. The van der Waals surface area contributed by atoms with Crippen LogP contribution in [-0.4, -0.2) is 36.2 Å². The van der Waals surface area contributed by atoms with Gasteiger partial charge in [-0.25, -0.2) is 9.97 Å². The predicted molar refractivity (Wildman–Crippen MR) is 71.9 cm³/mol. The lowest BCUT2D eigenvalue weighted by molar-refractivity contribution is 0.323. The van der Waals surface area contributed by atoms with E-state index in [2.05, 4.69) is 14.9 Å². The Hall–Kier alpha value is -1.36. The highest BCUT2D eigenvalue weighted by Crippen LogP contribution is 2.27. The average Bonchev–Trinajstić information content (AvgIpc) is 2.41. The number of aromatic nitrogens is 2. The van der Waals surface area contributed by atoms with E-state index in [-0.39, 0.29) is 0 Å². The lowest BCUT2D eigenvalue weighted by atomic mass is 9.98. The van der Waals surface area contributed by atoms with E-state index in [9.17, 15) is 0 Å². The summed E-state index contributed by atoms with van der Waals surface area (Å²) < 4.78 is 5.52. The summed E-state index contributed by atoms with van der Waals surface area (Å²) in [6.07, 6.45) is 3.98. The molecule has 1 aromatic heterocycles. The monoisotopic (exact) mass is 250 g/mol. The lowest BCUT2D eigenvalue weighted by Gasteiger charge is -2.33. The molecular weight excluding hydrogens is 228 g/mol. The Labute approximate surface area is 108 Å². The molecule has 1 saturated heterocycles. The van der Waals surface area contributed by atoms with Gasteiger partial charge in [-0.1, -0.05) is 0 Å². The van der Waals surface area contributed by atoms with Gasteiger partial charge in [0.1, 0.15) is 12.1 Å². The van der Waals surface area contributed by atoms with Crippen molar-refractivity contribution in [3.8, 4) is 5.88 Å². The number of ether oxygens (including phenoxy) is 1. The van der Waals surface area contributed by atoms with E-state index in [1.54, 1.807) is 6.33 Å². The van der Waals surface area contributed by atoms with Crippen molar-refractivity contribution in [1.82, 2.24) is 9.97 Å². The van der Waals surface area contributed by atoms with Crippen molar-refractivity contribution in [3.63, 3.8) is 0 Å². The topological polar surface area (TPSA) is 64.3 Å². The molecule has 0 spiro atoms. The fraction of sp³-hybridized carbons (Fsp3) is 0.692. The van der Waals surface area contributed by atoms with Crippen LogP contribution in [0.25, 0.3) is 0 Å². The van der Waals surface area contributed by atoms with Crippen LogP contribution in [0, 0.1) is 12.8 Å². The summed E-state index contributed by atoms with van der Waals surface area (Å²) in [5.41, 5.74) is 6.80. The summed E-state index contributed by atoms with van der Waals surface area (Å²) in [5, 5.41) is 0. The predicted octanol–water partition coefficient (Wildman–Crippen LogP) is 1.36. The van der Waals surface area contributed by atoms with Crippen LogP contribution >= 0.6 is 0 Å². The summed E-state index contributed by atoms with van der Waals surface area (Å²) in [5.74, 6) is 2.26. The number of piperidine rings is 1. The van der Waals surface area contributed by atoms with Gasteiger partial charge in [0, 0.05) is 13.1 Å². The summed E-state index contributed by atoms with van der Waals surface area (Å²) >= 11 is 0. The Bertz CT molecular complexity index is 397. The molecule has 1 fully saturated rings. The van der Waals surface area contributed by atoms with Crippen LogP contribution in [0.15, 0.2) is 6.33 Å². The number of hydrogen-bond donors (Lipinski definition) is 1. The molecule has 1 unspecified atom stereocenters. The number of nitrogens with two attached hydrogens (primary N) is 1. The third kappa shape index (κ3) is 2.72. The maximum absolute atomic E-state index is 5.78. The molecule has 0 amide bonds. The van der Waals surface area contributed by atoms with E-state index in [4.69, 9.17) is 10.5 Å². The van der Waals surface area contributed by atoms with Crippen LogP contribution in [-0.2, 0) is 0 Å². The van der Waals surface area contributed by atoms with Crippen molar-refractivity contribution in [3.05, 3.63) is 11.9 Å². The molecule has 2 heterocycles. The first-order valence-electron chi connectivity index (χ1n) is 6.65. The molecule has 1 atom stereocenters. The minimum Gasteiger partial charge on any atom is -0.478 e. The van der Waals surface area contributed by atoms with Gasteiger partial charge in [0.05, 0.1) is 12.2 Å².